The van der Waals surface area contributed by atoms with E-state index in [-0.39, 0.29) is 17.0 Å². The van der Waals surface area contributed by atoms with Crippen molar-refractivity contribution in [1.82, 2.24) is 3.97 Å². The lowest BCUT2D eigenvalue weighted by molar-refractivity contribution is 0.103. The Morgan fingerprint density at radius 2 is 2.21 bits per heavy atom. The zero-order valence-electron chi connectivity index (χ0n) is 12.3. The third-order valence-corrected chi connectivity index (χ3v) is 5.69. The molecule has 0 radical (unpaired) electrons. The van der Waals surface area contributed by atoms with Crippen LogP contribution in [0.5, 0.6) is 0 Å². The molecule has 0 aliphatic rings. The second-order valence-electron chi connectivity index (χ2n) is 4.70. The van der Waals surface area contributed by atoms with Gasteiger partial charge in [0.05, 0.1) is 23.5 Å². The van der Waals surface area contributed by atoms with Gasteiger partial charge in [0.2, 0.25) is 5.78 Å². The summed E-state index contributed by atoms with van der Waals surface area (Å²) in [7, 11) is 1.24. The average molecular weight is 479 g/mol. The van der Waals surface area contributed by atoms with Crippen molar-refractivity contribution in [2.24, 2.45) is 0 Å². The molecule has 0 unspecified atom stereocenters. The molecule has 126 valence electrons. The molecule has 0 aliphatic carbocycles. The number of carbonyl (C=O) groups excluding carboxylic acids is 1. The maximum absolute atomic E-state index is 14.2. The van der Waals surface area contributed by atoms with Crippen molar-refractivity contribution in [2.45, 2.75) is 6.42 Å². The van der Waals surface area contributed by atoms with Crippen LogP contribution in [0.15, 0.2) is 30.4 Å². The number of nitrogens with zero attached hydrogens (tertiary/aromatic N) is 2. The number of Topliss-reactive ketones (excluding diaryl/α,β-unsaturated/α-hetero) is 1. The quantitative estimate of drug-likeness (QED) is 0.139. The lowest BCUT2D eigenvalue weighted by Gasteiger charge is -2.08. The van der Waals surface area contributed by atoms with E-state index in [4.69, 9.17) is 5.26 Å². The van der Waals surface area contributed by atoms with Crippen molar-refractivity contribution in [3.63, 3.8) is 0 Å². The first-order valence-electron chi connectivity index (χ1n) is 6.75. The molecule has 0 amide bonds. The molecule has 0 spiro atoms. The fourth-order valence-electron chi connectivity index (χ4n) is 1.98. The molecule has 0 fully saturated rings. The molecule has 1 heterocycles. The maximum atomic E-state index is 14.2. The fraction of sp³-hybridized carbons (Fsp3) is 0.200. The summed E-state index contributed by atoms with van der Waals surface area (Å²) in [5.74, 6) is -0.448. The summed E-state index contributed by atoms with van der Waals surface area (Å²) >= 11 is 3.22. The van der Waals surface area contributed by atoms with Crippen molar-refractivity contribution in [3.05, 3.63) is 41.9 Å². The number of carbonyl (C=O) groups is 1. The number of hydrogen-bond acceptors (Lipinski definition) is 5. The van der Waals surface area contributed by atoms with Crippen molar-refractivity contribution >= 4 is 64.6 Å². The van der Waals surface area contributed by atoms with Gasteiger partial charge in [-0.1, -0.05) is 18.5 Å². The molecule has 0 aliphatic heterocycles. The van der Waals surface area contributed by atoms with Gasteiger partial charge in [0, 0.05) is 41.5 Å². The first-order valence-corrected chi connectivity index (χ1v) is 11.0. The number of hydrogen-bond donors (Lipinski definition) is 1. The highest BCUT2D eigenvalue weighted by atomic mass is 127. The van der Waals surface area contributed by atoms with Crippen LogP contribution in [0.25, 0.3) is 10.9 Å². The summed E-state index contributed by atoms with van der Waals surface area (Å²) in [6.07, 6.45) is 0.385. The van der Waals surface area contributed by atoms with Crippen LogP contribution in [0.1, 0.15) is 16.9 Å². The molecule has 1 aromatic carbocycles. The smallest absolute Gasteiger partial charge is 0.220 e. The van der Waals surface area contributed by atoms with Crippen molar-refractivity contribution in [1.29, 1.82) is 5.26 Å². The standard InChI is InChI=1S/C15H12F2IN3OS2/c1-9(8-19)15(22)14-6-10-5-11(17)12(20-23-4-2-3-16)7-13(10)21(14)24-18/h5-7,20H,1-4H2. The minimum atomic E-state index is -0.495. The number of alkyl halides is 1. The van der Waals surface area contributed by atoms with Gasteiger partial charge in [-0.2, -0.15) is 5.26 Å². The summed E-state index contributed by atoms with van der Waals surface area (Å²) in [4.78, 5) is 12.2. The zero-order chi connectivity index (χ0) is 17.7. The lowest BCUT2D eigenvalue weighted by Crippen LogP contribution is -2.05. The van der Waals surface area contributed by atoms with E-state index in [0.29, 0.717) is 23.1 Å². The molecule has 24 heavy (non-hydrogen) atoms. The Morgan fingerprint density at radius 1 is 1.46 bits per heavy atom. The second kappa shape index (κ2) is 8.73. The molecule has 1 aromatic heterocycles. The monoisotopic (exact) mass is 479 g/mol. The summed E-state index contributed by atoms with van der Waals surface area (Å²) in [5, 5.41) is 9.39. The highest BCUT2D eigenvalue weighted by Crippen LogP contribution is 2.33. The topological polar surface area (TPSA) is 57.8 Å². The molecule has 2 aromatic rings. The van der Waals surface area contributed by atoms with Gasteiger partial charge >= 0.3 is 0 Å². The van der Waals surface area contributed by atoms with E-state index in [1.54, 1.807) is 16.1 Å². The molecule has 4 nitrogen and oxygen atoms in total. The third kappa shape index (κ3) is 4.04. The lowest BCUT2D eigenvalue weighted by atomic mass is 10.1. The Kier molecular flexibility index (Phi) is 6.94. The number of benzene rings is 1. The minimum Gasteiger partial charge on any atom is -0.327 e. The van der Waals surface area contributed by atoms with Gasteiger partial charge in [-0.25, -0.2) is 4.39 Å². The number of nitrogens with one attached hydrogen (secondary N) is 1. The first kappa shape index (κ1) is 19.1. The van der Waals surface area contributed by atoms with E-state index in [2.05, 4.69) is 11.3 Å². The number of anilines is 1. The SMILES string of the molecule is C=C(C#N)C(=O)c1cc2cc(F)c(NSCCCF)cc2n1SI. The van der Waals surface area contributed by atoms with Gasteiger partial charge in [0.1, 0.15) is 17.6 Å². The predicted octanol–water partition coefficient (Wildman–Crippen LogP) is 5.31. The number of aromatic nitrogens is 1. The first-order chi connectivity index (χ1) is 11.5. The Bertz CT molecular complexity index is 832. The van der Waals surface area contributed by atoms with Crippen LogP contribution in [-0.4, -0.2) is 22.2 Å². The van der Waals surface area contributed by atoms with Crippen LogP contribution < -0.4 is 4.72 Å². The van der Waals surface area contributed by atoms with Crippen LogP contribution in [-0.2, 0) is 0 Å². The molecular weight excluding hydrogens is 467 g/mol. The van der Waals surface area contributed by atoms with E-state index in [9.17, 15) is 13.6 Å². The van der Waals surface area contributed by atoms with Crippen molar-refractivity contribution < 1.29 is 13.6 Å². The van der Waals surface area contributed by atoms with Crippen molar-refractivity contribution in [3.8, 4) is 6.07 Å². The molecule has 1 N–H and O–H groups in total. The van der Waals surface area contributed by atoms with Gasteiger partial charge < -0.3 is 4.72 Å². The molecule has 0 saturated heterocycles. The summed E-state index contributed by atoms with van der Waals surface area (Å²) < 4.78 is 30.8. The van der Waals surface area contributed by atoms with E-state index < -0.39 is 18.3 Å². The van der Waals surface area contributed by atoms with E-state index in [1.165, 1.54) is 33.2 Å². The van der Waals surface area contributed by atoms with Crippen LogP contribution in [0.3, 0.4) is 0 Å². The van der Waals surface area contributed by atoms with Crippen molar-refractivity contribution in [2.75, 3.05) is 17.1 Å². The number of rotatable bonds is 8. The largest absolute Gasteiger partial charge is 0.327 e. The third-order valence-electron chi connectivity index (χ3n) is 3.12. The highest BCUT2D eigenvalue weighted by Gasteiger charge is 2.19. The van der Waals surface area contributed by atoms with E-state index in [1.807, 2.05) is 21.2 Å². The number of allylic oxidation sites excluding steroid dienone is 1. The van der Waals surface area contributed by atoms with Crippen LogP contribution in [0.4, 0.5) is 14.5 Å². The van der Waals surface area contributed by atoms with Gasteiger partial charge in [0.15, 0.2) is 0 Å². The molecule has 9 heteroatoms. The summed E-state index contributed by atoms with van der Waals surface area (Å²) in [5.41, 5.74) is 0.982. The normalized spacial score (nSPS) is 10.6. The maximum Gasteiger partial charge on any atom is 0.220 e. The molecular formula is C15H12F2IN3OS2. The molecule has 0 atom stereocenters. The highest BCUT2D eigenvalue weighted by molar-refractivity contribution is 14.2. The van der Waals surface area contributed by atoms with Crippen LogP contribution in [0.2, 0.25) is 0 Å². The number of halogens is 3. The zero-order valence-corrected chi connectivity index (χ0v) is 16.1. The van der Waals surface area contributed by atoms with Crippen LogP contribution in [0, 0.1) is 17.1 Å². The van der Waals surface area contributed by atoms with Gasteiger partial charge in [-0.3, -0.25) is 13.2 Å². The van der Waals surface area contributed by atoms with Gasteiger partial charge in [-0.05, 0) is 24.6 Å². The summed E-state index contributed by atoms with van der Waals surface area (Å²) in [6, 6.07) is 6.18. The molecule has 0 bridgehead atoms. The Hall–Kier alpha value is -1.25. The summed E-state index contributed by atoms with van der Waals surface area (Å²) in [6.45, 7) is 3.01. The van der Waals surface area contributed by atoms with E-state index in [0.717, 1.165) is 0 Å². The average Bonchev–Trinajstić information content (AvgIpc) is 2.94. The number of nitriles is 1. The fourth-order valence-corrected chi connectivity index (χ4v) is 4.36. The van der Waals surface area contributed by atoms with Gasteiger partial charge in [-0.15, -0.1) is 0 Å². The Labute approximate surface area is 158 Å². The van der Waals surface area contributed by atoms with Gasteiger partial charge in [0.25, 0.3) is 0 Å². The molecule has 0 saturated carbocycles. The predicted molar refractivity (Wildman–Crippen MR) is 105 cm³/mol. The number of fused-ring (bicyclic) bond motifs is 1. The second-order valence-corrected chi connectivity index (χ2v) is 7.28. The molecule has 2 rings (SSSR count). The Morgan fingerprint density at radius 3 is 2.83 bits per heavy atom. The number of ketones is 1. The van der Waals surface area contributed by atoms with Crippen LogP contribution >= 0.6 is 42.3 Å². The Balaban J connectivity index is 2.42. The van der Waals surface area contributed by atoms with E-state index >= 15 is 0 Å². The minimum absolute atomic E-state index is 0.176.